The number of anilines is 1. The third kappa shape index (κ3) is 5.36. The topological polar surface area (TPSA) is 52.6 Å². The lowest BCUT2D eigenvalue weighted by atomic mass is 10.2. The van der Waals surface area contributed by atoms with Gasteiger partial charge in [0.15, 0.2) is 5.96 Å². The molecule has 138 valence electrons. The van der Waals surface area contributed by atoms with Crippen LogP contribution in [0.3, 0.4) is 0 Å². The van der Waals surface area contributed by atoms with Crippen molar-refractivity contribution < 1.29 is 0 Å². The van der Waals surface area contributed by atoms with Gasteiger partial charge in [0.25, 0.3) is 0 Å². The van der Waals surface area contributed by atoms with Gasteiger partial charge in [-0.3, -0.25) is 0 Å². The summed E-state index contributed by atoms with van der Waals surface area (Å²) >= 11 is 5.94. The van der Waals surface area contributed by atoms with Crippen LogP contribution in [0.15, 0.2) is 47.6 Å². The maximum Gasteiger partial charge on any atom is 0.191 e. The van der Waals surface area contributed by atoms with Crippen LogP contribution in [0.1, 0.15) is 30.9 Å². The number of halogens is 1. The van der Waals surface area contributed by atoms with Crippen LogP contribution < -0.4 is 15.5 Å². The molecular weight excluding hydrogens is 346 g/mol. The Morgan fingerprint density at radius 3 is 2.62 bits per heavy atom. The van der Waals surface area contributed by atoms with E-state index in [1.807, 2.05) is 36.5 Å². The number of pyridine rings is 1. The number of nitrogens with one attached hydrogen (secondary N) is 2. The quantitative estimate of drug-likeness (QED) is 0.602. The molecular formula is C20H26ClN5. The highest BCUT2D eigenvalue weighted by Crippen LogP contribution is 2.18. The molecule has 1 aromatic heterocycles. The van der Waals surface area contributed by atoms with Gasteiger partial charge in [-0.15, -0.1) is 0 Å². The Hall–Kier alpha value is -2.27. The van der Waals surface area contributed by atoms with E-state index in [4.69, 9.17) is 16.6 Å². The molecule has 0 bridgehead atoms. The first-order valence-corrected chi connectivity index (χ1v) is 9.59. The fourth-order valence-corrected chi connectivity index (χ4v) is 3.10. The fourth-order valence-electron chi connectivity index (χ4n) is 2.98. The van der Waals surface area contributed by atoms with Crippen LogP contribution in [0.4, 0.5) is 5.82 Å². The molecule has 2 N–H and O–H groups in total. The SMILES string of the molecule is CCNC(=NCc1ccnc(N2CCCC2)c1)NCc1ccc(Cl)cc1. The molecule has 0 amide bonds. The second kappa shape index (κ2) is 9.43. The maximum atomic E-state index is 5.94. The van der Waals surface area contributed by atoms with Gasteiger partial charge in [-0.1, -0.05) is 23.7 Å². The first-order chi connectivity index (χ1) is 12.7. The van der Waals surface area contributed by atoms with Gasteiger partial charge in [0.05, 0.1) is 6.54 Å². The molecule has 5 nitrogen and oxygen atoms in total. The molecule has 26 heavy (non-hydrogen) atoms. The zero-order valence-corrected chi connectivity index (χ0v) is 16.0. The maximum absolute atomic E-state index is 5.94. The van der Waals surface area contributed by atoms with Gasteiger partial charge >= 0.3 is 0 Å². The van der Waals surface area contributed by atoms with Crippen molar-refractivity contribution in [1.29, 1.82) is 0 Å². The predicted octanol–water partition coefficient (Wildman–Crippen LogP) is 3.59. The Kier molecular flexibility index (Phi) is 6.72. The monoisotopic (exact) mass is 371 g/mol. The van der Waals surface area contributed by atoms with Crippen LogP contribution in [0.25, 0.3) is 0 Å². The van der Waals surface area contributed by atoms with Gasteiger partial charge in [-0.05, 0) is 55.2 Å². The van der Waals surface area contributed by atoms with Gasteiger partial charge in [-0.25, -0.2) is 9.98 Å². The lowest BCUT2D eigenvalue weighted by molar-refractivity contribution is 0.815. The number of rotatable bonds is 6. The van der Waals surface area contributed by atoms with E-state index in [1.54, 1.807) is 0 Å². The number of hydrogen-bond donors (Lipinski definition) is 2. The summed E-state index contributed by atoms with van der Waals surface area (Å²) in [6.45, 7) is 6.42. The third-order valence-electron chi connectivity index (χ3n) is 4.38. The van der Waals surface area contributed by atoms with E-state index >= 15 is 0 Å². The van der Waals surface area contributed by atoms with Crippen LogP contribution in [-0.4, -0.2) is 30.6 Å². The molecule has 0 unspecified atom stereocenters. The normalized spacial score (nSPS) is 14.5. The Labute approximate surface area is 160 Å². The standard InChI is InChI=1S/C20H26ClN5/c1-2-22-20(24-14-16-5-7-18(21)8-6-16)25-15-17-9-10-23-19(13-17)26-11-3-4-12-26/h5-10,13H,2-4,11-12,14-15H2,1H3,(H2,22,24,25). The van der Waals surface area contributed by atoms with E-state index < -0.39 is 0 Å². The molecule has 0 spiro atoms. The number of hydrogen-bond acceptors (Lipinski definition) is 3. The minimum atomic E-state index is 0.624. The van der Waals surface area contributed by atoms with Crippen LogP contribution >= 0.6 is 11.6 Å². The first-order valence-electron chi connectivity index (χ1n) is 9.21. The van der Waals surface area contributed by atoms with Crippen LogP contribution in [0.5, 0.6) is 0 Å². The molecule has 1 aliphatic heterocycles. The smallest absolute Gasteiger partial charge is 0.191 e. The van der Waals surface area contributed by atoms with Gasteiger partial charge in [0, 0.05) is 37.4 Å². The largest absolute Gasteiger partial charge is 0.357 e. The van der Waals surface area contributed by atoms with Crippen LogP contribution in [0, 0.1) is 0 Å². The fraction of sp³-hybridized carbons (Fsp3) is 0.400. The summed E-state index contributed by atoms with van der Waals surface area (Å²) in [7, 11) is 0. The van der Waals surface area contributed by atoms with Crippen molar-refractivity contribution in [2.24, 2.45) is 4.99 Å². The summed E-state index contributed by atoms with van der Waals surface area (Å²) in [5.74, 6) is 1.87. The number of nitrogens with zero attached hydrogens (tertiary/aromatic N) is 3. The molecule has 0 saturated carbocycles. The summed E-state index contributed by atoms with van der Waals surface area (Å²) < 4.78 is 0. The van der Waals surface area contributed by atoms with Gasteiger partial charge in [0.2, 0.25) is 0 Å². The predicted molar refractivity (Wildman–Crippen MR) is 109 cm³/mol. The average Bonchev–Trinajstić information content (AvgIpc) is 3.20. The van der Waals surface area contributed by atoms with Crippen molar-refractivity contribution in [3.8, 4) is 0 Å². The van der Waals surface area contributed by atoms with Crippen molar-refractivity contribution >= 4 is 23.4 Å². The summed E-state index contributed by atoms with van der Waals surface area (Å²) in [6, 6.07) is 12.0. The average molecular weight is 372 g/mol. The first kappa shape index (κ1) is 18.5. The minimum absolute atomic E-state index is 0.624. The molecule has 2 heterocycles. The highest BCUT2D eigenvalue weighted by Gasteiger charge is 2.13. The third-order valence-corrected chi connectivity index (χ3v) is 4.63. The van der Waals surface area contributed by atoms with E-state index in [0.717, 1.165) is 36.4 Å². The molecule has 1 aliphatic rings. The molecule has 1 saturated heterocycles. The molecule has 0 radical (unpaired) electrons. The van der Waals surface area contributed by atoms with Crippen molar-refractivity contribution in [1.82, 2.24) is 15.6 Å². The Morgan fingerprint density at radius 2 is 1.88 bits per heavy atom. The van der Waals surface area contributed by atoms with E-state index in [9.17, 15) is 0 Å². The van der Waals surface area contributed by atoms with E-state index in [0.29, 0.717) is 13.1 Å². The summed E-state index contributed by atoms with van der Waals surface area (Å²) in [5, 5.41) is 7.41. The summed E-state index contributed by atoms with van der Waals surface area (Å²) in [5.41, 5.74) is 2.34. The molecule has 0 atom stereocenters. The highest BCUT2D eigenvalue weighted by molar-refractivity contribution is 6.30. The van der Waals surface area contributed by atoms with Gasteiger partial charge in [-0.2, -0.15) is 0 Å². The molecule has 2 aromatic rings. The number of aliphatic imine (C=N–C) groups is 1. The Bertz CT molecular complexity index is 723. The molecule has 6 heteroatoms. The number of benzene rings is 1. The van der Waals surface area contributed by atoms with Crippen LogP contribution in [-0.2, 0) is 13.1 Å². The zero-order chi connectivity index (χ0) is 18.2. The summed E-state index contributed by atoms with van der Waals surface area (Å²) in [4.78, 5) is 11.6. The highest BCUT2D eigenvalue weighted by atomic mass is 35.5. The lowest BCUT2D eigenvalue weighted by Crippen LogP contribution is -2.36. The van der Waals surface area contributed by atoms with E-state index in [2.05, 4.69) is 33.5 Å². The second-order valence-electron chi connectivity index (χ2n) is 6.39. The Balaban J connectivity index is 1.61. The molecule has 1 aromatic carbocycles. The van der Waals surface area contributed by atoms with Gasteiger partial charge in [0.1, 0.15) is 5.82 Å². The zero-order valence-electron chi connectivity index (χ0n) is 15.2. The molecule has 0 aliphatic carbocycles. The molecule has 1 fully saturated rings. The van der Waals surface area contributed by atoms with Crippen molar-refractivity contribution in [3.63, 3.8) is 0 Å². The van der Waals surface area contributed by atoms with Crippen molar-refractivity contribution in [2.75, 3.05) is 24.5 Å². The number of aromatic nitrogens is 1. The molecule has 3 rings (SSSR count). The minimum Gasteiger partial charge on any atom is -0.357 e. The lowest BCUT2D eigenvalue weighted by Gasteiger charge is -2.16. The van der Waals surface area contributed by atoms with Crippen LogP contribution in [0.2, 0.25) is 5.02 Å². The van der Waals surface area contributed by atoms with Crippen molar-refractivity contribution in [3.05, 3.63) is 58.7 Å². The summed E-state index contributed by atoms with van der Waals surface area (Å²) in [6.07, 6.45) is 4.39. The van der Waals surface area contributed by atoms with E-state index in [1.165, 1.54) is 24.0 Å². The second-order valence-corrected chi connectivity index (χ2v) is 6.83. The van der Waals surface area contributed by atoms with Gasteiger partial charge < -0.3 is 15.5 Å². The Morgan fingerprint density at radius 1 is 1.12 bits per heavy atom. The van der Waals surface area contributed by atoms with E-state index in [-0.39, 0.29) is 0 Å². The number of guanidine groups is 1. The van der Waals surface area contributed by atoms with Crippen molar-refractivity contribution in [2.45, 2.75) is 32.9 Å².